The largest absolute Gasteiger partial charge is 0.488 e. The Bertz CT molecular complexity index is 2130. The number of esters is 1. The van der Waals surface area contributed by atoms with Gasteiger partial charge in [-0.25, -0.2) is 9.79 Å². The Kier molecular flexibility index (Phi) is 8.74. The van der Waals surface area contributed by atoms with E-state index in [2.05, 4.69) is 6.07 Å². The first-order chi connectivity index (χ1) is 22.0. The van der Waals surface area contributed by atoms with Crippen molar-refractivity contribution in [3.05, 3.63) is 161 Å². The molecule has 45 heavy (non-hydrogen) atoms. The molecule has 0 radical (unpaired) electrons. The zero-order chi connectivity index (χ0) is 31.3. The molecule has 1 aliphatic heterocycles. The standard InChI is InChI=1S/C36H26ClN3O4S/c1-2-43-35(42)31-32(25-9-5-3-6-10-25)39-36-40(33(31)26-11-7-4-8-12-26)34(41)30(45-36)20-27-19-28(37)17-18-29(27)44-22-24-15-13-23(21-38)14-16-24/h3-20,33H,2,22H2,1H3/b30-20-/t33-/m1/s1. The zero-order valence-corrected chi connectivity index (χ0v) is 25.7. The highest BCUT2D eigenvalue weighted by Crippen LogP contribution is 2.35. The average molecular weight is 632 g/mol. The van der Waals surface area contributed by atoms with E-state index in [9.17, 15) is 9.59 Å². The highest BCUT2D eigenvalue weighted by molar-refractivity contribution is 7.07. The first kappa shape index (κ1) is 29.8. The quantitative estimate of drug-likeness (QED) is 0.195. The van der Waals surface area contributed by atoms with Crippen molar-refractivity contribution in [1.29, 1.82) is 5.26 Å². The average Bonchev–Trinajstić information content (AvgIpc) is 3.38. The minimum atomic E-state index is -0.759. The van der Waals surface area contributed by atoms with Crippen LogP contribution in [0.25, 0.3) is 11.8 Å². The fraction of sp³-hybridized carbons (Fsp3) is 0.111. The van der Waals surface area contributed by atoms with E-state index in [1.54, 1.807) is 47.9 Å². The molecule has 1 aromatic heterocycles. The van der Waals surface area contributed by atoms with Crippen LogP contribution < -0.4 is 19.6 Å². The van der Waals surface area contributed by atoms with Crippen LogP contribution in [0.15, 0.2) is 118 Å². The molecular formula is C36H26ClN3O4S. The Balaban J connectivity index is 1.50. The molecule has 1 atom stereocenters. The fourth-order valence-electron chi connectivity index (χ4n) is 5.13. The summed E-state index contributed by atoms with van der Waals surface area (Å²) in [7, 11) is 0. The van der Waals surface area contributed by atoms with Crippen LogP contribution in [0.1, 0.15) is 40.8 Å². The Labute approximate surface area is 268 Å². The lowest BCUT2D eigenvalue weighted by Crippen LogP contribution is -2.40. The lowest BCUT2D eigenvalue weighted by molar-refractivity contribution is -0.138. The van der Waals surface area contributed by atoms with Crippen LogP contribution in [0.3, 0.4) is 0 Å². The van der Waals surface area contributed by atoms with E-state index < -0.39 is 12.0 Å². The normalized spacial score (nSPS) is 14.3. The van der Waals surface area contributed by atoms with Crippen LogP contribution in [0.4, 0.5) is 0 Å². The molecule has 0 amide bonds. The number of thiazole rings is 1. The Morgan fingerprint density at radius 2 is 1.73 bits per heavy atom. The Hall–Kier alpha value is -5.23. The van der Waals surface area contributed by atoms with Gasteiger partial charge in [-0.15, -0.1) is 0 Å². The van der Waals surface area contributed by atoms with Gasteiger partial charge in [0.1, 0.15) is 12.4 Å². The lowest BCUT2D eigenvalue weighted by Gasteiger charge is -2.25. The van der Waals surface area contributed by atoms with Gasteiger partial charge in [0.25, 0.3) is 5.56 Å². The second-order valence-corrected chi connectivity index (χ2v) is 11.6. The van der Waals surface area contributed by atoms with Crippen LogP contribution >= 0.6 is 22.9 Å². The number of hydrogen-bond donors (Lipinski definition) is 0. The SMILES string of the molecule is CCOC(=O)C1=C(c2ccccc2)N=c2s/c(=C\c3cc(Cl)ccc3OCc3ccc(C#N)cc3)c(=O)n2[C@@H]1c1ccccc1. The minimum Gasteiger partial charge on any atom is -0.488 e. The second kappa shape index (κ2) is 13.2. The number of aromatic nitrogens is 1. The van der Waals surface area contributed by atoms with Crippen LogP contribution in [-0.2, 0) is 16.1 Å². The molecule has 0 saturated carbocycles. The Morgan fingerprint density at radius 1 is 1.02 bits per heavy atom. The van der Waals surface area contributed by atoms with Crippen LogP contribution in [-0.4, -0.2) is 17.1 Å². The number of halogens is 1. The lowest BCUT2D eigenvalue weighted by atomic mass is 9.93. The minimum absolute atomic E-state index is 0.177. The summed E-state index contributed by atoms with van der Waals surface area (Å²) in [5, 5.41) is 9.57. The van der Waals surface area contributed by atoms with Crippen molar-refractivity contribution >= 4 is 40.7 Å². The van der Waals surface area contributed by atoms with E-state index in [1.807, 2.05) is 72.8 Å². The maximum Gasteiger partial charge on any atom is 0.338 e. The summed E-state index contributed by atoms with van der Waals surface area (Å²) in [6.45, 7) is 2.18. The fourth-order valence-corrected chi connectivity index (χ4v) is 6.30. The van der Waals surface area contributed by atoms with Crippen LogP contribution in [0, 0.1) is 11.3 Å². The number of rotatable bonds is 8. The predicted molar refractivity (Wildman–Crippen MR) is 174 cm³/mol. The third kappa shape index (κ3) is 6.22. The van der Waals surface area contributed by atoms with Gasteiger partial charge in [0.15, 0.2) is 4.80 Å². The summed E-state index contributed by atoms with van der Waals surface area (Å²) in [5.41, 5.74) is 4.02. The number of carbonyl (C=O) groups is 1. The number of carbonyl (C=O) groups excluding carboxylic acids is 1. The summed E-state index contributed by atoms with van der Waals surface area (Å²) in [6, 6.07) is 32.6. The number of nitriles is 1. The van der Waals surface area contributed by atoms with Crippen molar-refractivity contribution in [2.45, 2.75) is 19.6 Å². The molecule has 0 unspecified atom stereocenters. The Morgan fingerprint density at radius 3 is 2.42 bits per heavy atom. The molecule has 0 spiro atoms. The summed E-state index contributed by atoms with van der Waals surface area (Å²) in [6.07, 6.45) is 1.74. The van der Waals surface area contributed by atoms with Gasteiger partial charge in [-0.3, -0.25) is 9.36 Å². The maximum atomic E-state index is 14.2. The molecule has 5 aromatic rings. The molecular weight excluding hydrogens is 606 g/mol. The van der Waals surface area contributed by atoms with Crippen molar-refractivity contribution in [2.75, 3.05) is 6.61 Å². The van der Waals surface area contributed by atoms with Crippen molar-refractivity contribution in [1.82, 2.24) is 4.57 Å². The van der Waals surface area contributed by atoms with Gasteiger partial charge in [0.2, 0.25) is 0 Å². The van der Waals surface area contributed by atoms with Gasteiger partial charge in [-0.1, -0.05) is 95.7 Å². The van der Waals surface area contributed by atoms with Gasteiger partial charge < -0.3 is 9.47 Å². The number of ether oxygens (including phenoxy) is 2. The first-order valence-electron chi connectivity index (χ1n) is 14.2. The number of hydrogen-bond acceptors (Lipinski definition) is 7. The van der Waals surface area contributed by atoms with Crippen molar-refractivity contribution in [3.63, 3.8) is 0 Å². The van der Waals surface area contributed by atoms with Crippen LogP contribution in [0.5, 0.6) is 5.75 Å². The highest BCUT2D eigenvalue weighted by Gasteiger charge is 2.35. The van der Waals surface area contributed by atoms with Crippen molar-refractivity contribution in [3.8, 4) is 11.8 Å². The number of benzene rings is 4. The molecule has 0 bridgehead atoms. The smallest absolute Gasteiger partial charge is 0.338 e. The number of nitrogens with zero attached hydrogens (tertiary/aromatic N) is 3. The van der Waals surface area contributed by atoms with Crippen LogP contribution in [0.2, 0.25) is 5.02 Å². The van der Waals surface area contributed by atoms with Crippen molar-refractivity contribution in [2.24, 2.45) is 4.99 Å². The zero-order valence-electron chi connectivity index (χ0n) is 24.1. The molecule has 4 aromatic carbocycles. The molecule has 0 fully saturated rings. The summed E-state index contributed by atoms with van der Waals surface area (Å²) in [5.74, 6) is 0.00274. The van der Waals surface area contributed by atoms with Crippen molar-refractivity contribution < 1.29 is 14.3 Å². The van der Waals surface area contributed by atoms with Gasteiger partial charge >= 0.3 is 5.97 Å². The molecule has 7 nitrogen and oxygen atoms in total. The third-order valence-corrected chi connectivity index (χ3v) is 8.44. The van der Waals surface area contributed by atoms with E-state index in [-0.39, 0.29) is 18.8 Å². The highest BCUT2D eigenvalue weighted by atomic mass is 35.5. The molecule has 9 heteroatoms. The van der Waals surface area contributed by atoms with Gasteiger partial charge in [0, 0.05) is 16.1 Å². The monoisotopic (exact) mass is 631 g/mol. The molecule has 2 heterocycles. The number of fused-ring (bicyclic) bond motifs is 1. The maximum absolute atomic E-state index is 14.2. The topological polar surface area (TPSA) is 93.7 Å². The van der Waals surface area contributed by atoms with E-state index in [0.29, 0.717) is 42.5 Å². The molecule has 6 rings (SSSR count). The van der Waals surface area contributed by atoms with Gasteiger partial charge in [-0.2, -0.15) is 5.26 Å². The van der Waals surface area contributed by atoms with E-state index in [1.165, 1.54) is 11.3 Å². The summed E-state index contributed by atoms with van der Waals surface area (Å²) in [4.78, 5) is 33.1. The molecule has 222 valence electrons. The summed E-state index contributed by atoms with van der Waals surface area (Å²) >= 11 is 7.61. The third-order valence-electron chi connectivity index (χ3n) is 7.22. The second-order valence-electron chi connectivity index (χ2n) is 10.1. The molecule has 0 aliphatic carbocycles. The molecule has 0 N–H and O–H groups in total. The van der Waals surface area contributed by atoms with E-state index in [4.69, 9.17) is 31.3 Å². The summed E-state index contributed by atoms with van der Waals surface area (Å²) < 4.78 is 13.6. The van der Waals surface area contributed by atoms with Gasteiger partial charge in [0.05, 0.1) is 40.1 Å². The van der Waals surface area contributed by atoms with E-state index >= 15 is 0 Å². The molecule has 1 aliphatic rings. The predicted octanol–water partition coefficient (Wildman–Crippen LogP) is 6.04. The first-order valence-corrected chi connectivity index (χ1v) is 15.4. The van der Waals surface area contributed by atoms with E-state index in [0.717, 1.165) is 16.7 Å². The molecule has 0 saturated heterocycles. The van der Waals surface area contributed by atoms with Gasteiger partial charge in [-0.05, 0) is 54.5 Å².